The molecule has 1 saturated heterocycles. The number of hydrogen-bond donors (Lipinski definition) is 1. The Kier molecular flexibility index (Phi) is 8.14. The van der Waals surface area contributed by atoms with Crippen LogP contribution in [0.1, 0.15) is 30.7 Å². The molecule has 2 heterocycles. The lowest BCUT2D eigenvalue weighted by atomic mass is 9.96. The van der Waals surface area contributed by atoms with Gasteiger partial charge in [-0.25, -0.2) is 0 Å². The Morgan fingerprint density at radius 2 is 1.85 bits per heavy atom. The fourth-order valence-electron chi connectivity index (χ4n) is 4.25. The Morgan fingerprint density at radius 1 is 1.09 bits per heavy atom. The zero-order valence-corrected chi connectivity index (χ0v) is 19.8. The summed E-state index contributed by atoms with van der Waals surface area (Å²) in [5.41, 5.74) is 2.11. The summed E-state index contributed by atoms with van der Waals surface area (Å²) in [6.07, 6.45) is 3.60. The van der Waals surface area contributed by atoms with Crippen LogP contribution in [0, 0.1) is 5.92 Å². The molecule has 1 N–H and O–H groups in total. The highest BCUT2D eigenvalue weighted by atomic mass is 16.5. The third-order valence-electron chi connectivity index (χ3n) is 6.21. The molecule has 1 aliphatic heterocycles. The number of ether oxygens (including phenoxy) is 2. The molecule has 2 aromatic carbocycles. The topological polar surface area (TPSA) is 89.7 Å². The molecule has 0 unspecified atom stereocenters. The van der Waals surface area contributed by atoms with Gasteiger partial charge in [0.2, 0.25) is 17.6 Å². The van der Waals surface area contributed by atoms with E-state index in [0.717, 1.165) is 50.9 Å². The summed E-state index contributed by atoms with van der Waals surface area (Å²) in [5.74, 6) is 2.58. The summed E-state index contributed by atoms with van der Waals surface area (Å²) >= 11 is 0. The van der Waals surface area contributed by atoms with Crippen LogP contribution < -0.4 is 14.8 Å². The summed E-state index contributed by atoms with van der Waals surface area (Å²) < 4.78 is 16.1. The molecule has 1 amide bonds. The third kappa shape index (κ3) is 6.14. The zero-order valence-electron chi connectivity index (χ0n) is 19.8. The molecular formula is C26H32N4O4. The van der Waals surface area contributed by atoms with Crippen LogP contribution in [0.3, 0.4) is 0 Å². The van der Waals surface area contributed by atoms with Crippen molar-refractivity contribution in [1.82, 2.24) is 20.4 Å². The van der Waals surface area contributed by atoms with Crippen molar-refractivity contribution in [2.75, 3.05) is 33.9 Å². The quantitative estimate of drug-likeness (QED) is 0.458. The number of likely N-dealkylation sites (tertiary alicyclic amines) is 1. The number of nitrogens with one attached hydrogen (secondary N) is 1. The van der Waals surface area contributed by atoms with Crippen LogP contribution in [0.2, 0.25) is 0 Å². The number of rotatable bonds is 10. The Morgan fingerprint density at radius 3 is 2.59 bits per heavy atom. The molecule has 1 aromatic heterocycles. The fourth-order valence-corrected chi connectivity index (χ4v) is 4.25. The maximum Gasteiger partial charge on any atom is 0.241 e. The molecule has 180 valence electrons. The van der Waals surface area contributed by atoms with Crippen molar-refractivity contribution in [2.24, 2.45) is 5.92 Å². The molecule has 0 bridgehead atoms. The Bertz CT molecular complexity index is 1060. The lowest BCUT2D eigenvalue weighted by Crippen LogP contribution is -2.40. The second-order valence-electron chi connectivity index (χ2n) is 8.51. The molecule has 4 rings (SSSR count). The van der Waals surface area contributed by atoms with Crippen LogP contribution in [0.15, 0.2) is 53.1 Å². The first kappa shape index (κ1) is 23.8. The van der Waals surface area contributed by atoms with E-state index < -0.39 is 0 Å². The van der Waals surface area contributed by atoms with Gasteiger partial charge >= 0.3 is 0 Å². The van der Waals surface area contributed by atoms with Crippen molar-refractivity contribution in [1.29, 1.82) is 0 Å². The molecule has 3 aromatic rings. The van der Waals surface area contributed by atoms with E-state index >= 15 is 0 Å². The van der Waals surface area contributed by atoms with Gasteiger partial charge in [0.05, 0.1) is 20.8 Å². The molecule has 1 fully saturated rings. The lowest BCUT2D eigenvalue weighted by molar-refractivity contribution is -0.126. The lowest BCUT2D eigenvalue weighted by Gasteiger charge is -2.30. The number of hydrogen-bond acceptors (Lipinski definition) is 7. The summed E-state index contributed by atoms with van der Waals surface area (Å²) in [6, 6.07) is 15.9. The maximum absolute atomic E-state index is 12.5. The molecule has 8 heteroatoms. The molecule has 8 nitrogen and oxygen atoms in total. The van der Waals surface area contributed by atoms with Gasteiger partial charge in [-0.15, -0.1) is 0 Å². The Hall–Kier alpha value is -3.39. The first-order chi connectivity index (χ1) is 16.7. The van der Waals surface area contributed by atoms with Crippen LogP contribution in [0.25, 0.3) is 11.4 Å². The number of methoxy groups -OCH3 is 2. The van der Waals surface area contributed by atoms with Crippen molar-refractivity contribution in [3.05, 3.63) is 60.0 Å². The van der Waals surface area contributed by atoms with Crippen LogP contribution in [-0.2, 0) is 17.8 Å². The van der Waals surface area contributed by atoms with E-state index in [1.165, 1.54) is 5.56 Å². The largest absolute Gasteiger partial charge is 0.493 e. The van der Waals surface area contributed by atoms with Gasteiger partial charge in [-0.1, -0.05) is 35.5 Å². The van der Waals surface area contributed by atoms with Crippen LogP contribution in [0.5, 0.6) is 11.5 Å². The van der Waals surface area contributed by atoms with Crippen LogP contribution in [-0.4, -0.2) is 54.8 Å². The van der Waals surface area contributed by atoms with E-state index in [-0.39, 0.29) is 11.8 Å². The Balaban J connectivity index is 1.21. The highest BCUT2D eigenvalue weighted by Crippen LogP contribution is 2.31. The van der Waals surface area contributed by atoms with E-state index in [4.69, 9.17) is 14.0 Å². The number of aromatic nitrogens is 2. The minimum absolute atomic E-state index is 0.0676. The first-order valence-electron chi connectivity index (χ1n) is 11.7. The number of carbonyl (C=O) groups excluding carboxylic acids is 1. The molecule has 0 atom stereocenters. The minimum atomic E-state index is 0.0676. The van der Waals surface area contributed by atoms with Crippen molar-refractivity contribution in [3.8, 4) is 22.9 Å². The summed E-state index contributed by atoms with van der Waals surface area (Å²) in [5, 5.41) is 7.23. The third-order valence-corrected chi connectivity index (χ3v) is 6.21. The van der Waals surface area contributed by atoms with Crippen molar-refractivity contribution in [3.63, 3.8) is 0 Å². The highest BCUT2D eigenvalue weighted by molar-refractivity contribution is 5.78. The molecular weight excluding hydrogens is 432 g/mol. The van der Waals surface area contributed by atoms with Gasteiger partial charge in [0, 0.05) is 18.0 Å². The number of carbonyl (C=O) groups is 1. The zero-order chi connectivity index (χ0) is 23.8. The predicted molar refractivity (Wildman–Crippen MR) is 129 cm³/mol. The van der Waals surface area contributed by atoms with Gasteiger partial charge in [-0.2, -0.15) is 4.98 Å². The van der Waals surface area contributed by atoms with Gasteiger partial charge in [0.1, 0.15) is 0 Å². The second-order valence-corrected chi connectivity index (χ2v) is 8.51. The molecule has 0 spiro atoms. The number of nitrogens with zero attached hydrogens (tertiary/aromatic N) is 3. The molecule has 1 aliphatic rings. The normalized spacial score (nSPS) is 14.6. The number of piperidine rings is 1. The summed E-state index contributed by atoms with van der Waals surface area (Å²) in [7, 11) is 3.20. The monoisotopic (exact) mass is 464 g/mol. The van der Waals surface area contributed by atoms with Gasteiger partial charge < -0.3 is 19.3 Å². The van der Waals surface area contributed by atoms with Crippen LogP contribution in [0.4, 0.5) is 0 Å². The van der Waals surface area contributed by atoms with Gasteiger partial charge in [0.25, 0.3) is 0 Å². The van der Waals surface area contributed by atoms with E-state index in [0.29, 0.717) is 29.8 Å². The van der Waals surface area contributed by atoms with Crippen molar-refractivity contribution >= 4 is 5.91 Å². The smallest absolute Gasteiger partial charge is 0.241 e. The van der Waals surface area contributed by atoms with E-state index in [2.05, 4.69) is 32.5 Å². The highest BCUT2D eigenvalue weighted by Gasteiger charge is 2.26. The molecule has 34 heavy (non-hydrogen) atoms. The predicted octanol–water partition coefficient (Wildman–Crippen LogP) is 3.71. The molecule has 0 aliphatic carbocycles. The number of benzene rings is 2. The average molecular weight is 465 g/mol. The van der Waals surface area contributed by atoms with Crippen LogP contribution >= 0.6 is 0 Å². The standard InChI is InChI=1S/C26H32N4O4/c1-32-22-11-10-21(17-23(22)33-2)25-28-24(34-29-25)18-30-15-12-20(13-16-30)26(31)27-14-6-9-19-7-4-3-5-8-19/h3-5,7-8,10-11,17,20H,6,9,12-16,18H2,1-2H3,(H,27,31). The Labute approximate surface area is 200 Å². The number of aryl methyl sites for hydroxylation is 1. The van der Waals surface area contributed by atoms with Gasteiger partial charge in [-0.3, -0.25) is 9.69 Å². The first-order valence-corrected chi connectivity index (χ1v) is 11.7. The fraction of sp³-hybridized carbons (Fsp3) is 0.423. The summed E-state index contributed by atoms with van der Waals surface area (Å²) in [4.78, 5) is 19.3. The van der Waals surface area contributed by atoms with E-state index in [1.807, 2.05) is 36.4 Å². The van der Waals surface area contributed by atoms with Gasteiger partial charge in [-0.05, 0) is 62.5 Å². The van der Waals surface area contributed by atoms with Gasteiger partial charge in [0.15, 0.2) is 11.5 Å². The maximum atomic E-state index is 12.5. The van der Waals surface area contributed by atoms with Crippen molar-refractivity contribution < 1.29 is 18.8 Å². The van der Waals surface area contributed by atoms with E-state index in [9.17, 15) is 4.79 Å². The number of amides is 1. The molecule has 0 saturated carbocycles. The second kappa shape index (κ2) is 11.7. The minimum Gasteiger partial charge on any atom is -0.493 e. The molecule has 0 radical (unpaired) electrons. The SMILES string of the molecule is COc1ccc(-c2noc(CN3CCC(C(=O)NCCCc4ccccc4)CC3)n2)cc1OC. The van der Waals surface area contributed by atoms with E-state index in [1.54, 1.807) is 14.2 Å². The summed E-state index contributed by atoms with van der Waals surface area (Å²) in [6.45, 7) is 2.95. The van der Waals surface area contributed by atoms with Crippen molar-refractivity contribution in [2.45, 2.75) is 32.2 Å². The average Bonchev–Trinajstić information content (AvgIpc) is 3.35.